The number of hydrogen-bond acceptors (Lipinski definition) is 0. The first-order valence-electron chi connectivity index (χ1n) is 9.22. The molecule has 2 aromatic carbocycles. The van der Waals surface area contributed by atoms with Gasteiger partial charge >= 0.3 is 0 Å². The second-order valence-corrected chi connectivity index (χ2v) is 7.34. The van der Waals surface area contributed by atoms with Crippen LogP contribution < -0.4 is 0 Å². The van der Waals surface area contributed by atoms with Gasteiger partial charge in [0.05, 0.1) is 5.41 Å². The van der Waals surface area contributed by atoms with Gasteiger partial charge in [-0.25, -0.2) is 0 Å². The normalized spacial score (nSPS) is 21.5. The lowest BCUT2D eigenvalue weighted by Crippen LogP contribution is -2.25. The summed E-state index contributed by atoms with van der Waals surface area (Å²) in [6, 6.07) is 21.6. The van der Waals surface area contributed by atoms with E-state index < -0.39 is 0 Å². The quantitative estimate of drug-likeness (QED) is 0.565. The summed E-state index contributed by atoms with van der Waals surface area (Å²) in [5.74, 6) is 0. The lowest BCUT2D eigenvalue weighted by molar-refractivity contribution is 0.790. The SMILES string of the molecule is CC1=CC=C2C(c3ccccc3)=CC(=C(C)C)C2(c2ccccc2)C=C1. The Morgan fingerprint density at radius 3 is 2.12 bits per heavy atom. The van der Waals surface area contributed by atoms with E-state index in [-0.39, 0.29) is 5.41 Å². The minimum atomic E-state index is -0.223. The van der Waals surface area contributed by atoms with E-state index in [4.69, 9.17) is 0 Å². The highest BCUT2D eigenvalue weighted by molar-refractivity contribution is 5.92. The fourth-order valence-electron chi connectivity index (χ4n) is 4.12. The minimum absolute atomic E-state index is 0.223. The number of fused-ring (bicyclic) bond motifs is 1. The Kier molecular flexibility index (Phi) is 4.12. The molecular formula is C26H24. The van der Waals surface area contributed by atoms with Crippen LogP contribution in [0.15, 0.2) is 113 Å². The summed E-state index contributed by atoms with van der Waals surface area (Å²) in [5, 5.41) is 0. The molecule has 0 saturated heterocycles. The summed E-state index contributed by atoms with van der Waals surface area (Å²) >= 11 is 0. The van der Waals surface area contributed by atoms with Crippen LogP contribution in [-0.4, -0.2) is 0 Å². The van der Waals surface area contributed by atoms with Crippen molar-refractivity contribution in [3.63, 3.8) is 0 Å². The van der Waals surface area contributed by atoms with Crippen LogP contribution in [0.5, 0.6) is 0 Å². The first kappa shape index (κ1) is 16.6. The molecule has 1 unspecified atom stereocenters. The van der Waals surface area contributed by atoms with E-state index in [9.17, 15) is 0 Å². The second-order valence-electron chi connectivity index (χ2n) is 7.34. The first-order valence-corrected chi connectivity index (χ1v) is 9.22. The van der Waals surface area contributed by atoms with Gasteiger partial charge in [0.25, 0.3) is 0 Å². The summed E-state index contributed by atoms with van der Waals surface area (Å²) in [4.78, 5) is 0. The largest absolute Gasteiger partial charge is 0.0716 e. The lowest BCUT2D eigenvalue weighted by Gasteiger charge is -2.32. The molecule has 0 amide bonds. The zero-order chi connectivity index (χ0) is 18.1. The van der Waals surface area contributed by atoms with E-state index >= 15 is 0 Å². The van der Waals surface area contributed by atoms with E-state index in [0.717, 1.165) is 0 Å². The molecule has 4 rings (SSSR count). The van der Waals surface area contributed by atoms with Crippen LogP contribution in [0.2, 0.25) is 0 Å². The van der Waals surface area contributed by atoms with Gasteiger partial charge in [0.15, 0.2) is 0 Å². The van der Waals surface area contributed by atoms with Crippen molar-refractivity contribution in [2.24, 2.45) is 0 Å². The minimum Gasteiger partial charge on any atom is -0.0716 e. The van der Waals surface area contributed by atoms with E-state index in [1.54, 1.807) is 0 Å². The van der Waals surface area contributed by atoms with E-state index in [0.29, 0.717) is 0 Å². The van der Waals surface area contributed by atoms with Crippen molar-refractivity contribution in [2.75, 3.05) is 0 Å². The van der Waals surface area contributed by atoms with Crippen LogP contribution >= 0.6 is 0 Å². The predicted molar refractivity (Wildman–Crippen MR) is 112 cm³/mol. The van der Waals surface area contributed by atoms with Gasteiger partial charge in [-0.3, -0.25) is 0 Å². The van der Waals surface area contributed by atoms with E-state index in [2.05, 4.69) is 112 Å². The molecule has 0 bridgehead atoms. The molecule has 0 spiro atoms. The Morgan fingerprint density at radius 2 is 1.46 bits per heavy atom. The third-order valence-electron chi connectivity index (χ3n) is 5.39. The highest BCUT2D eigenvalue weighted by Crippen LogP contribution is 2.54. The van der Waals surface area contributed by atoms with Crippen LogP contribution in [0.3, 0.4) is 0 Å². The molecule has 0 aliphatic heterocycles. The molecule has 0 fully saturated rings. The Balaban J connectivity index is 2.05. The van der Waals surface area contributed by atoms with Crippen molar-refractivity contribution >= 4 is 5.57 Å². The average molecular weight is 336 g/mol. The molecule has 0 aromatic heterocycles. The van der Waals surface area contributed by atoms with Crippen molar-refractivity contribution in [3.8, 4) is 0 Å². The summed E-state index contributed by atoms with van der Waals surface area (Å²) in [5.41, 5.74) is 9.08. The molecule has 0 N–H and O–H groups in total. The molecule has 0 nitrogen and oxygen atoms in total. The van der Waals surface area contributed by atoms with Gasteiger partial charge < -0.3 is 0 Å². The van der Waals surface area contributed by atoms with Gasteiger partial charge in [-0.1, -0.05) is 96.1 Å². The fourth-order valence-corrected chi connectivity index (χ4v) is 4.12. The first-order chi connectivity index (χ1) is 12.6. The van der Waals surface area contributed by atoms with Gasteiger partial charge in [-0.2, -0.15) is 0 Å². The predicted octanol–water partition coefficient (Wildman–Crippen LogP) is 6.80. The Bertz CT molecular complexity index is 975. The third kappa shape index (κ3) is 2.54. The van der Waals surface area contributed by atoms with Crippen LogP contribution in [0.4, 0.5) is 0 Å². The zero-order valence-corrected chi connectivity index (χ0v) is 15.7. The molecular weight excluding hydrogens is 312 g/mol. The highest BCUT2D eigenvalue weighted by Gasteiger charge is 2.43. The van der Waals surface area contributed by atoms with Crippen molar-refractivity contribution in [3.05, 3.63) is 124 Å². The summed E-state index contributed by atoms with van der Waals surface area (Å²) < 4.78 is 0. The smallest absolute Gasteiger partial charge is 0.0640 e. The summed E-state index contributed by atoms with van der Waals surface area (Å²) in [6.07, 6.45) is 11.6. The third-order valence-corrected chi connectivity index (χ3v) is 5.39. The Hall–Kier alpha value is -2.86. The van der Waals surface area contributed by atoms with Gasteiger partial charge in [-0.15, -0.1) is 0 Å². The molecule has 26 heavy (non-hydrogen) atoms. The fraction of sp³-hybridized carbons (Fsp3) is 0.154. The molecule has 2 aromatic rings. The standard InChI is InChI=1S/C26H24/c1-19(2)25-18-23(21-10-6-4-7-11-21)24-15-14-20(3)16-17-26(24,25)22-12-8-5-9-13-22/h4-18H,1-3H3. The van der Waals surface area contributed by atoms with E-state index in [1.807, 2.05) is 0 Å². The number of allylic oxidation sites excluding steroid dienone is 10. The maximum absolute atomic E-state index is 2.39. The molecule has 128 valence electrons. The van der Waals surface area contributed by atoms with Crippen molar-refractivity contribution in [1.82, 2.24) is 0 Å². The van der Waals surface area contributed by atoms with Gasteiger partial charge in [0, 0.05) is 0 Å². The maximum Gasteiger partial charge on any atom is 0.0640 e. The van der Waals surface area contributed by atoms with Crippen LogP contribution in [-0.2, 0) is 5.41 Å². The molecule has 0 saturated carbocycles. The maximum atomic E-state index is 2.39. The van der Waals surface area contributed by atoms with Gasteiger partial charge in [0.1, 0.15) is 0 Å². The second kappa shape index (κ2) is 6.46. The average Bonchev–Trinajstić information content (AvgIpc) is 2.92. The molecule has 1 atom stereocenters. The molecule has 0 heteroatoms. The van der Waals surface area contributed by atoms with Crippen LogP contribution in [0, 0.1) is 0 Å². The van der Waals surface area contributed by atoms with Crippen molar-refractivity contribution in [1.29, 1.82) is 0 Å². The topological polar surface area (TPSA) is 0 Å². The van der Waals surface area contributed by atoms with Crippen LogP contribution in [0.25, 0.3) is 5.57 Å². The van der Waals surface area contributed by atoms with Gasteiger partial charge in [-0.05, 0) is 54.7 Å². The number of benzene rings is 2. The van der Waals surface area contributed by atoms with Gasteiger partial charge in [0.2, 0.25) is 0 Å². The zero-order valence-electron chi connectivity index (χ0n) is 15.7. The molecule has 2 aliphatic rings. The van der Waals surface area contributed by atoms with Crippen molar-refractivity contribution in [2.45, 2.75) is 26.2 Å². The lowest BCUT2D eigenvalue weighted by atomic mass is 9.69. The Labute approximate surface area is 156 Å². The molecule has 0 radical (unpaired) electrons. The molecule has 0 heterocycles. The Morgan fingerprint density at radius 1 is 0.808 bits per heavy atom. The number of hydrogen-bond donors (Lipinski definition) is 0. The summed E-state index contributed by atoms with van der Waals surface area (Å²) in [7, 11) is 0. The monoisotopic (exact) mass is 336 g/mol. The molecule has 2 aliphatic carbocycles. The van der Waals surface area contributed by atoms with Crippen molar-refractivity contribution < 1.29 is 0 Å². The van der Waals surface area contributed by atoms with Crippen LogP contribution in [0.1, 0.15) is 31.9 Å². The highest BCUT2D eigenvalue weighted by atomic mass is 14.5. The summed E-state index contributed by atoms with van der Waals surface area (Å²) in [6.45, 7) is 6.61. The number of rotatable bonds is 2. The van der Waals surface area contributed by atoms with E-state index in [1.165, 1.54) is 39.0 Å².